The third kappa shape index (κ3) is 6.93. The number of thiophene rings is 1. The first-order valence-electron chi connectivity index (χ1n) is 11.2. The van der Waals surface area contributed by atoms with E-state index in [4.69, 9.17) is 9.47 Å². The minimum absolute atomic E-state index is 0.0615. The number of benzene rings is 2. The lowest BCUT2D eigenvalue weighted by Gasteiger charge is -2.26. The first kappa shape index (κ1) is 27.4. The van der Waals surface area contributed by atoms with Gasteiger partial charge in [-0.2, -0.15) is 4.31 Å². The molecule has 1 amide bonds. The lowest BCUT2D eigenvalue weighted by Crippen LogP contribution is -2.43. The maximum absolute atomic E-state index is 13.4. The van der Waals surface area contributed by atoms with Gasteiger partial charge in [0.1, 0.15) is 5.82 Å². The second kappa shape index (κ2) is 12.7. The van der Waals surface area contributed by atoms with Gasteiger partial charge < -0.3 is 14.4 Å². The smallest absolute Gasteiger partial charge is 0.243 e. The van der Waals surface area contributed by atoms with Crippen LogP contribution in [0.3, 0.4) is 0 Å². The first-order valence-corrected chi connectivity index (χ1v) is 13.5. The van der Waals surface area contributed by atoms with Crippen LogP contribution in [0.25, 0.3) is 0 Å². The van der Waals surface area contributed by atoms with E-state index in [1.807, 2.05) is 29.6 Å². The SMILES string of the molecule is C=CCN(CC(=O)N(CCc1ccc(OC)c(OC)c1)Cc1cccs1)S(=O)(=O)c1ccc(F)cc1. The average Bonchev–Trinajstić information content (AvgIpc) is 3.39. The van der Waals surface area contributed by atoms with Gasteiger partial charge in [-0.15, -0.1) is 17.9 Å². The standard InChI is InChI=1S/C26H29FN2O5S2/c1-4-14-29(36(31,32)23-10-8-21(27)9-11-23)19-26(30)28(18-22-6-5-16-35-22)15-13-20-7-12-24(33-2)25(17-20)34-3/h4-12,16-17H,1,13-15,18-19H2,2-3H3. The topological polar surface area (TPSA) is 76.2 Å². The summed E-state index contributed by atoms with van der Waals surface area (Å²) in [5.74, 6) is 0.307. The Morgan fingerprint density at radius 1 is 1.08 bits per heavy atom. The highest BCUT2D eigenvalue weighted by molar-refractivity contribution is 7.89. The van der Waals surface area contributed by atoms with E-state index < -0.39 is 15.8 Å². The van der Waals surface area contributed by atoms with Gasteiger partial charge in [0.2, 0.25) is 15.9 Å². The molecule has 1 heterocycles. The van der Waals surface area contributed by atoms with Crippen molar-refractivity contribution >= 4 is 27.3 Å². The molecule has 0 atom stereocenters. The van der Waals surface area contributed by atoms with Crippen molar-refractivity contribution in [2.24, 2.45) is 0 Å². The number of carbonyl (C=O) groups is 1. The number of sulfonamides is 1. The van der Waals surface area contributed by atoms with Crippen molar-refractivity contribution in [1.82, 2.24) is 9.21 Å². The molecule has 1 aromatic heterocycles. The van der Waals surface area contributed by atoms with Gasteiger partial charge in [-0.25, -0.2) is 12.8 Å². The van der Waals surface area contributed by atoms with Crippen LogP contribution in [0.2, 0.25) is 0 Å². The number of rotatable bonds is 13. The van der Waals surface area contributed by atoms with Crippen LogP contribution in [0, 0.1) is 5.82 Å². The zero-order chi connectivity index (χ0) is 26.1. The number of hydrogen-bond acceptors (Lipinski definition) is 6. The lowest BCUT2D eigenvalue weighted by molar-refractivity contribution is -0.131. The molecule has 0 N–H and O–H groups in total. The monoisotopic (exact) mass is 532 g/mol. The molecule has 0 radical (unpaired) electrons. The zero-order valence-electron chi connectivity index (χ0n) is 20.2. The molecule has 192 valence electrons. The van der Waals surface area contributed by atoms with Gasteiger partial charge in [-0.05, 0) is 59.8 Å². The summed E-state index contributed by atoms with van der Waals surface area (Å²) in [6.45, 7) is 3.91. The molecule has 3 rings (SSSR count). The Balaban J connectivity index is 1.81. The normalized spacial score (nSPS) is 11.3. The number of amides is 1. The molecule has 0 bridgehead atoms. The quantitative estimate of drug-likeness (QED) is 0.306. The zero-order valence-corrected chi connectivity index (χ0v) is 21.9. The Kier molecular flexibility index (Phi) is 9.63. The number of methoxy groups -OCH3 is 2. The van der Waals surface area contributed by atoms with Crippen molar-refractivity contribution in [3.8, 4) is 11.5 Å². The van der Waals surface area contributed by atoms with Gasteiger partial charge in [-0.1, -0.05) is 18.2 Å². The predicted molar refractivity (Wildman–Crippen MR) is 138 cm³/mol. The molecule has 3 aromatic rings. The average molecular weight is 533 g/mol. The van der Waals surface area contributed by atoms with Gasteiger partial charge in [0.15, 0.2) is 11.5 Å². The summed E-state index contributed by atoms with van der Waals surface area (Å²) in [7, 11) is -0.911. The van der Waals surface area contributed by atoms with Crippen LogP contribution in [0.1, 0.15) is 10.4 Å². The molecule has 0 fully saturated rings. The highest BCUT2D eigenvalue weighted by Gasteiger charge is 2.28. The van der Waals surface area contributed by atoms with Gasteiger partial charge in [0.25, 0.3) is 0 Å². The highest BCUT2D eigenvalue weighted by atomic mass is 32.2. The molecule has 0 aliphatic rings. The minimum Gasteiger partial charge on any atom is -0.493 e. The Morgan fingerprint density at radius 3 is 2.42 bits per heavy atom. The van der Waals surface area contributed by atoms with E-state index in [2.05, 4.69) is 6.58 Å². The summed E-state index contributed by atoms with van der Waals surface area (Å²) in [4.78, 5) is 15.9. The molecule has 0 unspecified atom stereocenters. The van der Waals surface area contributed by atoms with E-state index in [1.54, 1.807) is 25.2 Å². The van der Waals surface area contributed by atoms with Gasteiger partial charge in [0.05, 0.1) is 32.2 Å². The Hall–Kier alpha value is -3.21. The van der Waals surface area contributed by atoms with E-state index in [0.29, 0.717) is 31.0 Å². The number of ether oxygens (including phenoxy) is 2. The summed E-state index contributed by atoms with van der Waals surface area (Å²) >= 11 is 1.52. The Labute approximate surface area is 215 Å². The second-order valence-electron chi connectivity index (χ2n) is 7.87. The Bertz CT molecular complexity index is 1260. The van der Waals surface area contributed by atoms with E-state index >= 15 is 0 Å². The summed E-state index contributed by atoms with van der Waals surface area (Å²) in [5, 5.41) is 1.93. The van der Waals surface area contributed by atoms with Gasteiger partial charge in [-0.3, -0.25) is 4.79 Å². The molecule has 0 saturated heterocycles. The third-order valence-corrected chi connectivity index (χ3v) is 8.18. The van der Waals surface area contributed by atoms with Crippen molar-refractivity contribution < 1.29 is 27.1 Å². The molecule has 0 spiro atoms. The van der Waals surface area contributed by atoms with Crippen LogP contribution in [0.4, 0.5) is 4.39 Å². The molecule has 0 aliphatic heterocycles. The maximum atomic E-state index is 13.4. The fraction of sp³-hybridized carbons (Fsp3) is 0.269. The molecular formula is C26H29FN2O5S2. The number of nitrogens with zero attached hydrogens (tertiary/aromatic N) is 2. The van der Waals surface area contributed by atoms with E-state index in [-0.39, 0.29) is 23.9 Å². The summed E-state index contributed by atoms with van der Waals surface area (Å²) in [6.07, 6.45) is 1.95. The Morgan fingerprint density at radius 2 is 1.81 bits per heavy atom. The van der Waals surface area contributed by atoms with Gasteiger partial charge in [0, 0.05) is 18.0 Å². The maximum Gasteiger partial charge on any atom is 0.243 e. The van der Waals surface area contributed by atoms with Crippen molar-refractivity contribution in [2.75, 3.05) is 33.9 Å². The van der Waals surface area contributed by atoms with Gasteiger partial charge >= 0.3 is 0 Å². The van der Waals surface area contributed by atoms with E-state index in [1.165, 1.54) is 29.5 Å². The van der Waals surface area contributed by atoms with E-state index in [0.717, 1.165) is 26.9 Å². The van der Waals surface area contributed by atoms with Crippen LogP contribution in [-0.4, -0.2) is 57.4 Å². The van der Waals surface area contributed by atoms with Crippen LogP contribution >= 0.6 is 11.3 Å². The predicted octanol–water partition coefficient (Wildman–Crippen LogP) is 4.35. The van der Waals surface area contributed by atoms with Crippen LogP contribution in [-0.2, 0) is 27.8 Å². The van der Waals surface area contributed by atoms with Crippen LogP contribution < -0.4 is 9.47 Å². The fourth-order valence-corrected chi connectivity index (χ4v) is 5.66. The number of carbonyl (C=O) groups excluding carboxylic acids is 1. The summed E-state index contributed by atoms with van der Waals surface area (Å²) < 4.78 is 51.4. The molecule has 36 heavy (non-hydrogen) atoms. The molecule has 7 nitrogen and oxygen atoms in total. The van der Waals surface area contributed by atoms with Crippen molar-refractivity contribution in [2.45, 2.75) is 17.9 Å². The van der Waals surface area contributed by atoms with E-state index in [9.17, 15) is 17.6 Å². The lowest BCUT2D eigenvalue weighted by atomic mass is 10.1. The molecule has 2 aromatic carbocycles. The first-order chi connectivity index (χ1) is 17.3. The molecule has 0 saturated carbocycles. The van der Waals surface area contributed by atoms with Crippen LogP contribution in [0.15, 0.2) is 77.5 Å². The second-order valence-corrected chi connectivity index (χ2v) is 10.8. The minimum atomic E-state index is -4.03. The van der Waals surface area contributed by atoms with Crippen molar-refractivity contribution in [1.29, 1.82) is 0 Å². The van der Waals surface area contributed by atoms with Crippen molar-refractivity contribution in [3.05, 3.63) is 88.9 Å². The van der Waals surface area contributed by atoms with Crippen molar-refractivity contribution in [3.63, 3.8) is 0 Å². The summed E-state index contributed by atoms with van der Waals surface area (Å²) in [6, 6.07) is 13.9. The number of halogens is 1. The third-order valence-electron chi connectivity index (χ3n) is 5.49. The fourth-order valence-electron chi connectivity index (χ4n) is 3.58. The number of hydrogen-bond donors (Lipinski definition) is 0. The molecule has 0 aliphatic carbocycles. The van der Waals surface area contributed by atoms with Crippen LogP contribution in [0.5, 0.6) is 11.5 Å². The largest absolute Gasteiger partial charge is 0.493 e. The highest BCUT2D eigenvalue weighted by Crippen LogP contribution is 2.28. The molecule has 10 heteroatoms. The summed E-state index contributed by atoms with van der Waals surface area (Å²) in [5.41, 5.74) is 0.943. The molecular weight excluding hydrogens is 503 g/mol.